The second-order valence-corrected chi connectivity index (χ2v) is 3.59. The predicted molar refractivity (Wildman–Crippen MR) is 50.2 cm³/mol. The van der Waals surface area contributed by atoms with Gasteiger partial charge in [0, 0.05) is 31.1 Å². The molecule has 2 atom stereocenters. The van der Waals surface area contributed by atoms with Crippen LogP contribution in [-0.2, 0) is 0 Å². The summed E-state index contributed by atoms with van der Waals surface area (Å²) in [6.07, 6.45) is 0.674. The summed E-state index contributed by atoms with van der Waals surface area (Å²) in [4.78, 5) is 4.93. The van der Waals surface area contributed by atoms with Gasteiger partial charge in [0.15, 0.2) is 0 Å². The van der Waals surface area contributed by atoms with E-state index in [2.05, 4.69) is 14.9 Å². The molecule has 0 unspecified atom stereocenters. The third kappa shape index (κ3) is 3.22. The normalized spacial score (nSPS) is 29.7. The molecule has 0 bridgehead atoms. The summed E-state index contributed by atoms with van der Waals surface area (Å²) < 4.78 is 0. The minimum atomic E-state index is -0.157. The fourth-order valence-electron chi connectivity index (χ4n) is 1.65. The van der Waals surface area contributed by atoms with Crippen LogP contribution in [0.25, 0.3) is 10.4 Å². The largest absolute Gasteiger partial charge is 0.393 e. The van der Waals surface area contributed by atoms with E-state index in [0.29, 0.717) is 12.5 Å². The monoisotopic (exact) mass is 184 g/mol. The summed E-state index contributed by atoms with van der Waals surface area (Å²) in [6.45, 7) is 5.19. The van der Waals surface area contributed by atoms with Gasteiger partial charge in [-0.05, 0) is 17.9 Å². The van der Waals surface area contributed by atoms with Crippen molar-refractivity contribution in [3.05, 3.63) is 10.4 Å². The van der Waals surface area contributed by atoms with Gasteiger partial charge in [-0.1, -0.05) is 12.0 Å². The Morgan fingerprint density at radius 1 is 1.69 bits per heavy atom. The van der Waals surface area contributed by atoms with Gasteiger partial charge >= 0.3 is 0 Å². The molecular formula is C8H16N4O. The van der Waals surface area contributed by atoms with E-state index in [1.807, 2.05) is 6.92 Å². The van der Waals surface area contributed by atoms with Crippen LogP contribution in [0.1, 0.15) is 13.3 Å². The molecule has 1 N–H and O–H groups in total. The number of aliphatic hydroxyl groups is 1. The molecule has 1 aliphatic heterocycles. The van der Waals surface area contributed by atoms with Gasteiger partial charge in [-0.3, -0.25) is 0 Å². The molecule has 13 heavy (non-hydrogen) atoms. The molecule has 1 rings (SSSR count). The van der Waals surface area contributed by atoms with Gasteiger partial charge in [-0.25, -0.2) is 0 Å². The van der Waals surface area contributed by atoms with Gasteiger partial charge in [-0.2, -0.15) is 0 Å². The fourth-order valence-corrected chi connectivity index (χ4v) is 1.65. The lowest BCUT2D eigenvalue weighted by Crippen LogP contribution is -2.42. The van der Waals surface area contributed by atoms with E-state index in [9.17, 15) is 5.11 Å². The molecule has 0 amide bonds. The number of azide groups is 1. The van der Waals surface area contributed by atoms with Crippen LogP contribution in [0.2, 0.25) is 0 Å². The van der Waals surface area contributed by atoms with Crippen LogP contribution < -0.4 is 0 Å². The molecule has 0 radical (unpaired) electrons. The molecule has 1 aliphatic rings. The topological polar surface area (TPSA) is 72.2 Å². The summed E-state index contributed by atoms with van der Waals surface area (Å²) in [5.41, 5.74) is 8.09. The highest BCUT2D eigenvalue weighted by Gasteiger charge is 2.23. The van der Waals surface area contributed by atoms with Crippen LogP contribution in [0.15, 0.2) is 5.11 Å². The number of aliphatic hydroxyl groups excluding tert-OH is 1. The van der Waals surface area contributed by atoms with Crippen LogP contribution >= 0.6 is 0 Å². The molecule has 0 aromatic rings. The molecule has 1 heterocycles. The second-order valence-electron chi connectivity index (χ2n) is 3.59. The lowest BCUT2D eigenvalue weighted by molar-refractivity contribution is 0.0364. The maximum atomic E-state index is 9.46. The minimum Gasteiger partial charge on any atom is -0.393 e. The maximum Gasteiger partial charge on any atom is 0.0590 e. The Hall–Kier alpha value is -0.770. The van der Waals surface area contributed by atoms with E-state index in [0.717, 1.165) is 26.1 Å². The fraction of sp³-hybridized carbons (Fsp3) is 1.00. The Kier molecular flexibility index (Phi) is 4.02. The zero-order chi connectivity index (χ0) is 9.68. The molecule has 0 aromatic carbocycles. The maximum absolute atomic E-state index is 9.46. The molecule has 0 aromatic heterocycles. The van der Waals surface area contributed by atoms with Crippen LogP contribution in [0, 0.1) is 5.92 Å². The van der Waals surface area contributed by atoms with Crippen LogP contribution in [0.5, 0.6) is 0 Å². The number of hydrogen-bond donors (Lipinski definition) is 1. The standard InChI is InChI=1S/C8H16N4O/c1-7-6-12(4-2-8(7)13)5-3-10-11-9/h7-8,13H,2-6H2,1H3/t7-,8+/m0/s1. The molecule has 0 saturated carbocycles. The number of piperidine rings is 1. The van der Waals surface area contributed by atoms with Crippen molar-refractivity contribution in [2.24, 2.45) is 11.0 Å². The number of rotatable bonds is 3. The Bertz CT molecular complexity index is 202. The van der Waals surface area contributed by atoms with Gasteiger partial charge in [0.2, 0.25) is 0 Å². The number of likely N-dealkylation sites (tertiary alicyclic amines) is 1. The first-order chi connectivity index (χ1) is 6.24. The summed E-state index contributed by atoms with van der Waals surface area (Å²) in [5, 5.41) is 12.9. The first-order valence-corrected chi connectivity index (χ1v) is 4.65. The van der Waals surface area contributed by atoms with E-state index >= 15 is 0 Å². The highest BCUT2D eigenvalue weighted by molar-refractivity contribution is 4.77. The van der Waals surface area contributed by atoms with Crippen molar-refractivity contribution >= 4 is 0 Å². The zero-order valence-corrected chi connectivity index (χ0v) is 7.93. The lowest BCUT2D eigenvalue weighted by Gasteiger charge is -2.33. The molecule has 5 heteroatoms. The van der Waals surface area contributed by atoms with Crippen molar-refractivity contribution < 1.29 is 5.11 Å². The summed E-state index contributed by atoms with van der Waals surface area (Å²) in [7, 11) is 0. The van der Waals surface area contributed by atoms with Crippen molar-refractivity contribution in [2.75, 3.05) is 26.2 Å². The average Bonchev–Trinajstić information content (AvgIpc) is 2.12. The quantitative estimate of drug-likeness (QED) is 0.403. The smallest absolute Gasteiger partial charge is 0.0590 e. The molecule has 5 nitrogen and oxygen atoms in total. The van der Waals surface area contributed by atoms with Crippen molar-refractivity contribution in [1.29, 1.82) is 0 Å². The van der Waals surface area contributed by atoms with Gasteiger partial charge < -0.3 is 10.0 Å². The highest BCUT2D eigenvalue weighted by Crippen LogP contribution is 2.15. The third-order valence-electron chi connectivity index (χ3n) is 2.52. The van der Waals surface area contributed by atoms with E-state index < -0.39 is 0 Å². The van der Waals surface area contributed by atoms with E-state index in [1.54, 1.807) is 0 Å². The highest BCUT2D eigenvalue weighted by atomic mass is 16.3. The Morgan fingerprint density at radius 2 is 2.46 bits per heavy atom. The Labute approximate surface area is 78.0 Å². The first kappa shape index (κ1) is 10.3. The molecular weight excluding hydrogens is 168 g/mol. The van der Waals surface area contributed by atoms with Crippen LogP contribution in [0.3, 0.4) is 0 Å². The predicted octanol–water partition coefficient (Wildman–Crippen LogP) is 0.999. The Morgan fingerprint density at radius 3 is 3.08 bits per heavy atom. The molecule has 0 spiro atoms. The van der Waals surface area contributed by atoms with Crippen molar-refractivity contribution in [2.45, 2.75) is 19.4 Å². The van der Waals surface area contributed by atoms with Gasteiger partial charge in [0.05, 0.1) is 6.10 Å². The van der Waals surface area contributed by atoms with Crippen molar-refractivity contribution in [3.8, 4) is 0 Å². The van der Waals surface area contributed by atoms with Crippen LogP contribution in [-0.4, -0.2) is 42.3 Å². The summed E-state index contributed by atoms with van der Waals surface area (Å²) >= 11 is 0. The molecule has 0 aliphatic carbocycles. The molecule has 1 saturated heterocycles. The van der Waals surface area contributed by atoms with E-state index in [1.165, 1.54) is 0 Å². The van der Waals surface area contributed by atoms with Crippen LogP contribution in [0.4, 0.5) is 0 Å². The molecule has 74 valence electrons. The zero-order valence-electron chi connectivity index (χ0n) is 7.93. The second kappa shape index (κ2) is 5.07. The van der Waals surface area contributed by atoms with Crippen molar-refractivity contribution in [1.82, 2.24) is 4.90 Å². The minimum absolute atomic E-state index is 0.157. The SMILES string of the molecule is C[C@H]1CN(CCN=[N+]=[N-])CC[C@H]1O. The van der Waals surface area contributed by atoms with Gasteiger partial charge in [0.1, 0.15) is 0 Å². The van der Waals surface area contributed by atoms with E-state index in [4.69, 9.17) is 5.53 Å². The van der Waals surface area contributed by atoms with E-state index in [-0.39, 0.29) is 6.10 Å². The summed E-state index contributed by atoms with van der Waals surface area (Å²) in [5.74, 6) is 0.333. The van der Waals surface area contributed by atoms with Gasteiger partial charge in [0.25, 0.3) is 0 Å². The number of hydrogen-bond acceptors (Lipinski definition) is 3. The Balaban J connectivity index is 2.25. The van der Waals surface area contributed by atoms with Gasteiger partial charge in [-0.15, -0.1) is 0 Å². The third-order valence-corrected chi connectivity index (χ3v) is 2.52. The number of nitrogens with zero attached hydrogens (tertiary/aromatic N) is 4. The average molecular weight is 184 g/mol. The molecule has 1 fully saturated rings. The first-order valence-electron chi connectivity index (χ1n) is 4.65. The summed E-state index contributed by atoms with van der Waals surface area (Å²) in [6, 6.07) is 0. The van der Waals surface area contributed by atoms with Crippen molar-refractivity contribution in [3.63, 3.8) is 0 Å². The lowest BCUT2D eigenvalue weighted by atomic mass is 9.97.